The summed E-state index contributed by atoms with van der Waals surface area (Å²) in [4.78, 5) is 42.6. The largest absolute Gasteiger partial charge is 0.478 e. The number of pyridine rings is 4. The van der Waals surface area contributed by atoms with Crippen LogP contribution in [0.15, 0.2) is 133 Å². The van der Waals surface area contributed by atoms with Crippen molar-refractivity contribution in [3.05, 3.63) is 210 Å². The number of carbonyl (C=O) groups is 2. The Kier molecular flexibility index (Phi) is 16.1. The van der Waals surface area contributed by atoms with E-state index in [4.69, 9.17) is 43.4 Å². The molecule has 0 atom stereocenters. The maximum absolute atomic E-state index is 9.55. The van der Waals surface area contributed by atoms with E-state index in [-0.39, 0.29) is 0 Å². The van der Waals surface area contributed by atoms with Gasteiger partial charge in [-0.15, -0.1) is 0 Å². The van der Waals surface area contributed by atoms with Crippen LogP contribution in [-0.4, -0.2) is 78.1 Å². The van der Waals surface area contributed by atoms with Gasteiger partial charge in [0.1, 0.15) is 0 Å². The highest BCUT2D eigenvalue weighted by Crippen LogP contribution is 2.40. The summed E-state index contributed by atoms with van der Waals surface area (Å²) in [6, 6.07) is 25.8. The number of fused-ring (bicyclic) bond motifs is 4. The summed E-state index contributed by atoms with van der Waals surface area (Å²) in [5, 5.41) is 17.3. The molecule has 2 fully saturated rings. The van der Waals surface area contributed by atoms with E-state index in [0.29, 0.717) is 12.2 Å². The molecule has 2 aliphatic heterocycles. The molecule has 0 saturated carbocycles. The number of aryl methyl sites for hydroxylation is 6. The number of nitrogens with zero attached hydrogens (tertiary/aromatic N) is 6. The molecule has 4 aliphatic rings. The number of likely N-dealkylation sites (tertiary alicyclic amines) is 2. The molecule has 2 saturated heterocycles. The van der Waals surface area contributed by atoms with E-state index in [2.05, 4.69) is 94.3 Å². The molecule has 348 valence electrons. The van der Waals surface area contributed by atoms with E-state index in [0.717, 1.165) is 101 Å². The van der Waals surface area contributed by atoms with Crippen molar-refractivity contribution in [3.63, 3.8) is 0 Å². The van der Waals surface area contributed by atoms with E-state index in [9.17, 15) is 9.59 Å². The number of rotatable bonds is 6. The van der Waals surface area contributed by atoms with Gasteiger partial charge in [-0.2, -0.15) is 0 Å². The second kappa shape index (κ2) is 22.7. The van der Waals surface area contributed by atoms with Gasteiger partial charge in [0.25, 0.3) is 0 Å². The first-order chi connectivity index (χ1) is 33.0. The number of carboxylic acid groups (broad SMARTS) is 2. The van der Waals surface area contributed by atoms with E-state index < -0.39 is 11.9 Å². The van der Waals surface area contributed by atoms with Crippen molar-refractivity contribution in [1.29, 1.82) is 0 Å². The quantitative estimate of drug-likeness (QED) is 0.156. The van der Waals surface area contributed by atoms with Crippen LogP contribution < -0.4 is 0 Å². The lowest BCUT2D eigenvalue weighted by Crippen LogP contribution is -2.30. The summed E-state index contributed by atoms with van der Waals surface area (Å²) in [5.41, 5.74) is 21.2. The zero-order valence-corrected chi connectivity index (χ0v) is 40.1. The van der Waals surface area contributed by atoms with Crippen LogP contribution in [-0.2, 0) is 48.4 Å². The zero-order valence-electron chi connectivity index (χ0n) is 38.6. The summed E-state index contributed by atoms with van der Waals surface area (Å²) in [6.07, 6.45) is 21.2. The summed E-state index contributed by atoms with van der Waals surface area (Å²) < 4.78 is 0. The van der Waals surface area contributed by atoms with Crippen LogP contribution in [0.25, 0.3) is 11.1 Å². The highest BCUT2D eigenvalue weighted by molar-refractivity contribution is 6.31. The zero-order chi connectivity index (χ0) is 47.6. The molecule has 2 aromatic carbocycles. The molecule has 0 spiro atoms. The highest BCUT2D eigenvalue weighted by atomic mass is 35.5. The number of hydrogen-bond donors (Lipinski definition) is 2. The van der Waals surface area contributed by atoms with Gasteiger partial charge in [0.15, 0.2) is 0 Å². The molecular weight excluding hydrogens is 892 g/mol. The second-order valence-electron chi connectivity index (χ2n) is 17.9. The molecule has 0 unspecified atom stereocenters. The lowest BCUT2D eigenvalue weighted by molar-refractivity contribution is -0.134. The van der Waals surface area contributed by atoms with E-state index in [1.165, 1.54) is 89.3 Å². The molecule has 12 heteroatoms. The third kappa shape index (κ3) is 12.4. The fourth-order valence-corrected chi connectivity index (χ4v) is 10.2. The van der Waals surface area contributed by atoms with E-state index >= 15 is 0 Å². The minimum atomic E-state index is -1.26. The first-order valence-corrected chi connectivity index (χ1v) is 24.0. The summed E-state index contributed by atoms with van der Waals surface area (Å²) in [6.45, 7) is 10.4. The predicted octanol–water partition coefficient (Wildman–Crippen LogP) is 11.0. The summed E-state index contributed by atoms with van der Waals surface area (Å²) >= 11 is 12.7. The number of benzene rings is 2. The van der Waals surface area contributed by atoms with Crippen molar-refractivity contribution in [3.8, 4) is 0 Å². The van der Waals surface area contributed by atoms with Crippen LogP contribution in [0.1, 0.15) is 92.7 Å². The van der Waals surface area contributed by atoms with Gasteiger partial charge in [-0.25, -0.2) is 9.59 Å². The summed E-state index contributed by atoms with van der Waals surface area (Å²) in [5.74, 6) is -2.51. The summed E-state index contributed by atoms with van der Waals surface area (Å²) in [7, 11) is 0. The van der Waals surface area contributed by atoms with Gasteiger partial charge in [-0.05, 0) is 157 Å². The lowest BCUT2D eigenvalue weighted by atomic mass is 9.88. The Hall–Kier alpha value is -6.30. The average Bonchev–Trinajstić information content (AvgIpc) is 3.60. The number of carboxylic acids is 2. The van der Waals surface area contributed by atoms with Crippen molar-refractivity contribution < 1.29 is 19.8 Å². The normalized spacial score (nSPS) is 15.9. The first-order valence-electron chi connectivity index (χ1n) is 23.3. The molecule has 10 nitrogen and oxygen atoms in total. The van der Waals surface area contributed by atoms with Crippen LogP contribution in [0.5, 0.6) is 0 Å². The van der Waals surface area contributed by atoms with Crippen molar-refractivity contribution in [2.45, 2.75) is 78.3 Å². The maximum atomic E-state index is 9.55. The number of halogens is 2. The van der Waals surface area contributed by atoms with Gasteiger partial charge >= 0.3 is 11.9 Å². The van der Waals surface area contributed by atoms with E-state index in [1.807, 2.05) is 49.3 Å². The standard InChI is InChI=1S/2C26H26ClN3.C4H4O4/c2*1-18-13-19(16-28-15-18)17-30-11-8-20(9-12-30)25-24-7-6-23(27)14-22(24)5-4-21-3-2-10-29-26(21)25;5-3(6)1-2-4(7)8/h2*2-3,6-7,10,13-16H,4-5,8-9,11-12,17H2,1H3;1-2H,(H,5,6)(H,7,8)/b;;2-1+. The maximum Gasteiger partial charge on any atom is 0.328 e. The van der Waals surface area contributed by atoms with E-state index in [1.54, 1.807) is 0 Å². The Morgan fingerprint density at radius 3 is 1.32 bits per heavy atom. The van der Waals surface area contributed by atoms with Crippen LogP contribution >= 0.6 is 23.2 Å². The van der Waals surface area contributed by atoms with Gasteiger partial charge in [0.05, 0.1) is 11.4 Å². The number of aliphatic carboxylic acids is 2. The Morgan fingerprint density at radius 2 is 0.941 bits per heavy atom. The van der Waals surface area contributed by atoms with Gasteiger partial charge in [0, 0.05) is 110 Å². The van der Waals surface area contributed by atoms with Crippen LogP contribution in [0.3, 0.4) is 0 Å². The number of piperidine rings is 2. The van der Waals surface area contributed by atoms with Crippen molar-refractivity contribution in [1.82, 2.24) is 29.7 Å². The minimum absolute atomic E-state index is 0.558. The number of aromatic nitrogens is 4. The van der Waals surface area contributed by atoms with Crippen LogP contribution in [0.4, 0.5) is 0 Å². The Morgan fingerprint density at radius 1 is 0.544 bits per heavy atom. The van der Waals surface area contributed by atoms with Crippen molar-refractivity contribution >= 4 is 46.3 Å². The molecule has 0 radical (unpaired) electrons. The van der Waals surface area contributed by atoms with Crippen LogP contribution in [0.2, 0.25) is 10.0 Å². The second-order valence-corrected chi connectivity index (χ2v) is 18.8. The van der Waals surface area contributed by atoms with Gasteiger partial charge in [0.2, 0.25) is 0 Å². The van der Waals surface area contributed by atoms with Crippen molar-refractivity contribution in [2.24, 2.45) is 0 Å². The topological polar surface area (TPSA) is 133 Å². The third-order valence-electron chi connectivity index (χ3n) is 12.9. The monoisotopic (exact) mass is 946 g/mol. The smallest absolute Gasteiger partial charge is 0.328 e. The Labute approximate surface area is 408 Å². The lowest BCUT2D eigenvalue weighted by Gasteiger charge is -2.30. The third-order valence-corrected chi connectivity index (χ3v) is 13.4. The van der Waals surface area contributed by atoms with Gasteiger partial charge in [-0.3, -0.25) is 29.7 Å². The molecule has 6 heterocycles. The number of hydrogen-bond acceptors (Lipinski definition) is 8. The average molecular weight is 948 g/mol. The Bertz CT molecular complexity index is 2700. The molecule has 2 aliphatic carbocycles. The van der Waals surface area contributed by atoms with Crippen molar-refractivity contribution in [2.75, 3.05) is 26.2 Å². The highest BCUT2D eigenvalue weighted by Gasteiger charge is 2.27. The fourth-order valence-electron chi connectivity index (χ4n) is 9.80. The molecule has 10 rings (SSSR count). The van der Waals surface area contributed by atoms with Gasteiger partial charge in [-0.1, -0.05) is 70.7 Å². The fraction of sp³-hybridized carbons (Fsp3) is 0.286. The predicted molar refractivity (Wildman–Crippen MR) is 270 cm³/mol. The van der Waals surface area contributed by atoms with Gasteiger partial charge < -0.3 is 10.2 Å². The molecule has 6 aromatic rings. The molecule has 2 N–H and O–H groups in total. The molecule has 0 amide bonds. The first kappa shape index (κ1) is 48.2. The molecule has 4 aromatic heterocycles. The van der Waals surface area contributed by atoms with Crippen LogP contribution in [0, 0.1) is 13.8 Å². The SMILES string of the molecule is Cc1cncc(CN2CCC(=C3c4ccc(Cl)cc4CCc4cccnc43)CC2)c1.Cc1cncc(CN2CCC(=C3c4ccc(Cl)cc4CCc4cccnc43)CC2)c1.O=C(O)/C=C/C(=O)O. The molecule has 0 bridgehead atoms. The Balaban J connectivity index is 0.000000159. The minimum Gasteiger partial charge on any atom is -0.478 e. The molecular formula is C56H56Cl2N6O4. The molecule has 68 heavy (non-hydrogen) atoms.